The Kier molecular flexibility index (Phi) is 5.07. The summed E-state index contributed by atoms with van der Waals surface area (Å²) in [6.07, 6.45) is 3.25. The van der Waals surface area contributed by atoms with Gasteiger partial charge in [-0.2, -0.15) is 0 Å². The molecule has 1 atom stereocenters. The van der Waals surface area contributed by atoms with Crippen LogP contribution in [0.4, 0.5) is 16.0 Å². The Balaban J connectivity index is 1.46. The van der Waals surface area contributed by atoms with Crippen LogP contribution < -0.4 is 10.2 Å². The second-order valence-corrected chi connectivity index (χ2v) is 7.86. The van der Waals surface area contributed by atoms with Gasteiger partial charge in [-0.25, -0.2) is 9.37 Å². The summed E-state index contributed by atoms with van der Waals surface area (Å²) < 4.78 is 15.2. The standard InChI is InChI=1S/C23H17ClFN5O2/c24-16-10-15(7-8-17(16)25)27-21(31)11-20-22(32)29(13-14-4-3-9-26-12-14)23-28-18-5-1-2-6-19(18)30(20)23/h1-10,12,20H,11,13H2,(H,27,31)/t20-/m0/s1. The monoisotopic (exact) mass is 449 g/mol. The second-order valence-electron chi connectivity index (χ2n) is 7.45. The van der Waals surface area contributed by atoms with Gasteiger partial charge in [0.15, 0.2) is 0 Å². The minimum absolute atomic E-state index is 0.0923. The van der Waals surface area contributed by atoms with Gasteiger partial charge in [-0.05, 0) is 42.0 Å². The Morgan fingerprint density at radius 1 is 1.16 bits per heavy atom. The van der Waals surface area contributed by atoms with Crippen LogP contribution in [0, 0.1) is 5.82 Å². The Bertz CT molecular complexity index is 1340. The number of halogens is 2. The van der Waals surface area contributed by atoms with Crippen molar-refractivity contribution in [3.05, 3.63) is 83.4 Å². The molecule has 5 rings (SSSR count). The molecule has 1 aliphatic rings. The lowest BCUT2D eigenvalue weighted by Gasteiger charge is -2.16. The zero-order chi connectivity index (χ0) is 22.2. The number of amides is 2. The summed E-state index contributed by atoms with van der Waals surface area (Å²) in [5.41, 5.74) is 2.72. The molecule has 0 unspecified atom stereocenters. The lowest BCUT2D eigenvalue weighted by atomic mass is 10.1. The van der Waals surface area contributed by atoms with Crippen molar-refractivity contribution in [3.8, 4) is 0 Å². The number of nitrogens with zero attached hydrogens (tertiary/aromatic N) is 4. The van der Waals surface area contributed by atoms with E-state index in [0.29, 0.717) is 18.2 Å². The van der Waals surface area contributed by atoms with Crippen molar-refractivity contribution >= 4 is 46.1 Å². The van der Waals surface area contributed by atoms with E-state index in [9.17, 15) is 14.0 Å². The van der Waals surface area contributed by atoms with Crippen LogP contribution in [0.15, 0.2) is 67.0 Å². The third-order valence-corrected chi connectivity index (χ3v) is 5.62. The summed E-state index contributed by atoms with van der Waals surface area (Å²) in [7, 11) is 0. The van der Waals surface area contributed by atoms with E-state index in [1.807, 2.05) is 30.3 Å². The smallest absolute Gasteiger partial charge is 0.253 e. The number of nitrogens with one attached hydrogen (secondary N) is 1. The van der Waals surface area contributed by atoms with Crippen LogP contribution in [-0.4, -0.2) is 26.3 Å². The van der Waals surface area contributed by atoms with Crippen molar-refractivity contribution < 1.29 is 14.0 Å². The fraction of sp³-hybridized carbons (Fsp3) is 0.130. The molecule has 1 N–H and O–H groups in total. The molecule has 4 aromatic rings. The Hall–Kier alpha value is -3.78. The third-order valence-electron chi connectivity index (χ3n) is 5.33. The van der Waals surface area contributed by atoms with Gasteiger partial charge in [0.1, 0.15) is 11.9 Å². The molecule has 0 bridgehead atoms. The Morgan fingerprint density at radius 3 is 2.78 bits per heavy atom. The minimum atomic E-state index is -0.759. The van der Waals surface area contributed by atoms with Gasteiger partial charge in [-0.1, -0.05) is 29.8 Å². The first-order chi connectivity index (χ1) is 15.5. The van der Waals surface area contributed by atoms with Crippen molar-refractivity contribution in [2.24, 2.45) is 0 Å². The molecule has 1 aliphatic heterocycles. The maximum absolute atomic E-state index is 13.4. The zero-order valence-electron chi connectivity index (χ0n) is 16.7. The predicted octanol–water partition coefficient (Wildman–Crippen LogP) is 4.34. The number of aromatic nitrogens is 3. The highest BCUT2D eigenvalue weighted by Gasteiger charge is 2.40. The van der Waals surface area contributed by atoms with Crippen molar-refractivity contribution in [2.75, 3.05) is 10.2 Å². The van der Waals surface area contributed by atoms with Gasteiger partial charge in [-0.3, -0.25) is 24.0 Å². The minimum Gasteiger partial charge on any atom is -0.326 e. The van der Waals surface area contributed by atoms with E-state index >= 15 is 0 Å². The fourth-order valence-electron chi connectivity index (χ4n) is 3.88. The van der Waals surface area contributed by atoms with Crippen LogP contribution in [0.1, 0.15) is 18.0 Å². The molecule has 2 aromatic heterocycles. The largest absolute Gasteiger partial charge is 0.326 e. The molecule has 2 aromatic carbocycles. The normalized spacial score (nSPS) is 15.2. The Morgan fingerprint density at radius 2 is 2.00 bits per heavy atom. The van der Waals surface area contributed by atoms with Crippen molar-refractivity contribution in [3.63, 3.8) is 0 Å². The number of fused-ring (bicyclic) bond motifs is 3. The molecule has 160 valence electrons. The molecular weight excluding hydrogens is 433 g/mol. The highest BCUT2D eigenvalue weighted by atomic mass is 35.5. The highest BCUT2D eigenvalue weighted by molar-refractivity contribution is 6.31. The van der Waals surface area contributed by atoms with E-state index in [4.69, 9.17) is 11.6 Å². The van der Waals surface area contributed by atoms with Crippen LogP contribution >= 0.6 is 11.6 Å². The van der Waals surface area contributed by atoms with Crippen LogP contribution in [0.5, 0.6) is 0 Å². The van der Waals surface area contributed by atoms with E-state index in [-0.39, 0.29) is 17.4 Å². The summed E-state index contributed by atoms with van der Waals surface area (Å²) in [5, 5.41) is 2.60. The molecule has 0 radical (unpaired) electrons. The molecule has 2 amide bonds. The molecule has 0 saturated carbocycles. The first kappa shape index (κ1) is 20.1. The van der Waals surface area contributed by atoms with Crippen LogP contribution in [0.25, 0.3) is 11.0 Å². The van der Waals surface area contributed by atoms with Gasteiger partial charge in [0.05, 0.1) is 29.0 Å². The van der Waals surface area contributed by atoms with E-state index in [0.717, 1.165) is 16.6 Å². The number of hydrogen-bond donors (Lipinski definition) is 1. The number of hydrogen-bond acceptors (Lipinski definition) is 4. The fourth-order valence-corrected chi connectivity index (χ4v) is 4.06. The highest BCUT2D eigenvalue weighted by Crippen LogP contribution is 2.37. The number of rotatable bonds is 5. The van der Waals surface area contributed by atoms with E-state index in [1.54, 1.807) is 27.9 Å². The maximum atomic E-state index is 13.4. The van der Waals surface area contributed by atoms with E-state index < -0.39 is 17.8 Å². The van der Waals surface area contributed by atoms with E-state index in [1.165, 1.54) is 18.2 Å². The first-order valence-electron chi connectivity index (χ1n) is 9.93. The number of benzene rings is 2. The van der Waals surface area contributed by atoms with Crippen molar-refractivity contribution in [2.45, 2.75) is 19.0 Å². The summed E-state index contributed by atoms with van der Waals surface area (Å²) >= 11 is 5.80. The molecule has 7 nitrogen and oxygen atoms in total. The summed E-state index contributed by atoms with van der Waals surface area (Å²) in [6, 6.07) is 14.3. The maximum Gasteiger partial charge on any atom is 0.253 e. The van der Waals surface area contributed by atoms with Gasteiger partial charge >= 0.3 is 0 Å². The number of anilines is 2. The third kappa shape index (κ3) is 3.58. The first-order valence-corrected chi connectivity index (χ1v) is 10.3. The van der Waals surface area contributed by atoms with Gasteiger partial charge in [0.2, 0.25) is 11.9 Å². The van der Waals surface area contributed by atoms with Crippen molar-refractivity contribution in [1.29, 1.82) is 0 Å². The van der Waals surface area contributed by atoms with Gasteiger partial charge in [-0.15, -0.1) is 0 Å². The number of imidazole rings is 1. The topological polar surface area (TPSA) is 80.1 Å². The molecule has 9 heteroatoms. The van der Waals surface area contributed by atoms with Crippen LogP contribution in [0.3, 0.4) is 0 Å². The van der Waals surface area contributed by atoms with Crippen molar-refractivity contribution in [1.82, 2.24) is 14.5 Å². The molecule has 32 heavy (non-hydrogen) atoms. The van der Waals surface area contributed by atoms with Crippen LogP contribution in [0.2, 0.25) is 5.02 Å². The molecule has 0 spiro atoms. The average Bonchev–Trinajstić information content (AvgIpc) is 3.28. The summed E-state index contributed by atoms with van der Waals surface area (Å²) in [5.74, 6) is -0.703. The van der Waals surface area contributed by atoms with Gasteiger partial charge < -0.3 is 5.32 Å². The van der Waals surface area contributed by atoms with Gasteiger partial charge in [0, 0.05) is 18.1 Å². The summed E-state index contributed by atoms with van der Waals surface area (Å²) in [6.45, 7) is 0.293. The molecule has 0 saturated heterocycles. The summed E-state index contributed by atoms with van der Waals surface area (Å²) in [4.78, 5) is 36.5. The predicted molar refractivity (Wildman–Crippen MR) is 119 cm³/mol. The SMILES string of the molecule is O=C(C[C@H]1C(=O)N(Cc2cccnc2)c2nc3ccccc3n21)Nc1ccc(F)c(Cl)c1. The lowest BCUT2D eigenvalue weighted by Crippen LogP contribution is -2.31. The van der Waals surface area contributed by atoms with Gasteiger partial charge in [0.25, 0.3) is 5.91 Å². The Labute approximate surface area is 187 Å². The van der Waals surface area contributed by atoms with E-state index in [2.05, 4.69) is 15.3 Å². The molecule has 0 aliphatic carbocycles. The second kappa shape index (κ2) is 8.05. The zero-order valence-corrected chi connectivity index (χ0v) is 17.5. The molecule has 3 heterocycles. The number of pyridine rings is 1. The molecular formula is C23H17ClFN5O2. The number of carbonyl (C=O) groups is 2. The number of carbonyl (C=O) groups excluding carboxylic acids is 2. The van der Waals surface area contributed by atoms with Crippen LogP contribution in [-0.2, 0) is 16.1 Å². The quantitative estimate of drug-likeness (QED) is 0.491. The average molecular weight is 450 g/mol. The lowest BCUT2D eigenvalue weighted by molar-refractivity contribution is -0.124. The number of para-hydroxylation sites is 2. The molecule has 0 fully saturated rings.